The van der Waals surface area contributed by atoms with Crippen molar-refractivity contribution >= 4 is 23.8 Å². The third-order valence-corrected chi connectivity index (χ3v) is 2.88. The van der Waals surface area contributed by atoms with E-state index in [9.17, 15) is 9.59 Å². The zero-order valence-corrected chi connectivity index (χ0v) is 11.4. The Bertz CT molecular complexity index is 708. The lowest BCUT2D eigenvalue weighted by Crippen LogP contribution is -2.11. The highest BCUT2D eigenvalue weighted by atomic mass is 16.5. The highest BCUT2D eigenvalue weighted by Gasteiger charge is 2.10. The molecule has 2 N–H and O–H groups in total. The Kier molecular flexibility index (Phi) is 4.46. The molecule has 5 nitrogen and oxygen atoms in total. The van der Waals surface area contributed by atoms with Crippen molar-refractivity contribution in [2.75, 3.05) is 7.11 Å². The standard InChI is InChI=1S/C16H14N2O3/c1-21-16(20)12-7-3-2-6-11(12)10-18-14-9-5-4-8-13(14)15(17)19/h2-10H,1H3,(H2,17,19). The first kappa shape index (κ1) is 14.5. The summed E-state index contributed by atoms with van der Waals surface area (Å²) in [4.78, 5) is 27.2. The lowest BCUT2D eigenvalue weighted by Gasteiger charge is -2.04. The normalized spacial score (nSPS) is 10.5. The van der Waals surface area contributed by atoms with Gasteiger partial charge in [0.1, 0.15) is 0 Å². The molecule has 2 aromatic rings. The lowest BCUT2D eigenvalue weighted by atomic mass is 10.1. The maximum absolute atomic E-state index is 11.7. The second-order valence-electron chi connectivity index (χ2n) is 4.22. The number of ether oxygens (including phenoxy) is 1. The smallest absolute Gasteiger partial charge is 0.338 e. The zero-order chi connectivity index (χ0) is 15.2. The summed E-state index contributed by atoms with van der Waals surface area (Å²) in [6.45, 7) is 0. The molecule has 0 saturated heterocycles. The van der Waals surface area contributed by atoms with Crippen LogP contribution in [0, 0.1) is 0 Å². The van der Waals surface area contributed by atoms with Crippen LogP contribution in [-0.2, 0) is 4.74 Å². The average Bonchev–Trinajstić information content (AvgIpc) is 2.52. The molecule has 0 fully saturated rings. The first-order chi connectivity index (χ1) is 10.1. The van der Waals surface area contributed by atoms with Crippen molar-refractivity contribution < 1.29 is 14.3 Å². The van der Waals surface area contributed by atoms with E-state index >= 15 is 0 Å². The second kappa shape index (κ2) is 6.47. The minimum absolute atomic E-state index is 0.323. The summed E-state index contributed by atoms with van der Waals surface area (Å²) in [5, 5.41) is 0. The number of nitrogens with zero attached hydrogens (tertiary/aromatic N) is 1. The van der Waals surface area contributed by atoms with Gasteiger partial charge in [-0.15, -0.1) is 0 Å². The molecule has 0 aromatic heterocycles. The van der Waals surface area contributed by atoms with Crippen LogP contribution in [0.3, 0.4) is 0 Å². The summed E-state index contributed by atoms with van der Waals surface area (Å²) in [5.41, 5.74) is 7.07. The van der Waals surface area contributed by atoms with Gasteiger partial charge < -0.3 is 10.5 Å². The molecule has 2 aromatic carbocycles. The maximum atomic E-state index is 11.7. The van der Waals surface area contributed by atoms with Gasteiger partial charge in [-0.3, -0.25) is 9.79 Å². The van der Waals surface area contributed by atoms with E-state index in [0.717, 1.165) is 0 Å². The fraction of sp³-hybridized carbons (Fsp3) is 0.0625. The molecule has 0 radical (unpaired) electrons. The van der Waals surface area contributed by atoms with Crippen molar-refractivity contribution in [3.63, 3.8) is 0 Å². The molecule has 0 spiro atoms. The van der Waals surface area contributed by atoms with Crippen molar-refractivity contribution in [3.05, 3.63) is 65.2 Å². The molecule has 21 heavy (non-hydrogen) atoms. The molecular formula is C16H14N2O3. The molecule has 0 atom stereocenters. The van der Waals surface area contributed by atoms with Crippen LogP contribution in [0.15, 0.2) is 53.5 Å². The Balaban J connectivity index is 2.39. The predicted molar refractivity (Wildman–Crippen MR) is 80.0 cm³/mol. The van der Waals surface area contributed by atoms with Crippen LogP contribution >= 0.6 is 0 Å². The lowest BCUT2D eigenvalue weighted by molar-refractivity contribution is 0.0600. The number of esters is 1. The highest BCUT2D eigenvalue weighted by Crippen LogP contribution is 2.18. The number of amides is 1. The summed E-state index contributed by atoms with van der Waals surface area (Å²) < 4.78 is 4.72. The monoisotopic (exact) mass is 282 g/mol. The summed E-state index contributed by atoms with van der Waals surface area (Å²) in [5.74, 6) is -0.996. The van der Waals surface area contributed by atoms with Gasteiger partial charge in [-0.05, 0) is 18.2 Å². The SMILES string of the molecule is COC(=O)c1ccccc1C=Nc1ccccc1C(N)=O. The van der Waals surface area contributed by atoms with E-state index in [0.29, 0.717) is 22.4 Å². The number of benzene rings is 2. The molecule has 0 bridgehead atoms. The Labute approximate surface area is 122 Å². The van der Waals surface area contributed by atoms with E-state index in [1.165, 1.54) is 13.3 Å². The van der Waals surface area contributed by atoms with Gasteiger partial charge in [0.25, 0.3) is 5.91 Å². The molecule has 2 rings (SSSR count). The van der Waals surface area contributed by atoms with Gasteiger partial charge in [-0.25, -0.2) is 4.79 Å². The third-order valence-electron chi connectivity index (χ3n) is 2.88. The van der Waals surface area contributed by atoms with Crippen LogP contribution in [0.1, 0.15) is 26.3 Å². The summed E-state index contributed by atoms with van der Waals surface area (Å²) in [7, 11) is 1.32. The van der Waals surface area contributed by atoms with Crippen molar-refractivity contribution in [3.8, 4) is 0 Å². The van der Waals surface area contributed by atoms with E-state index < -0.39 is 11.9 Å². The number of nitrogens with two attached hydrogens (primary N) is 1. The van der Waals surface area contributed by atoms with Crippen LogP contribution < -0.4 is 5.73 Å². The zero-order valence-electron chi connectivity index (χ0n) is 11.4. The number of aliphatic imine (C=N–C) groups is 1. The summed E-state index contributed by atoms with van der Waals surface area (Å²) >= 11 is 0. The first-order valence-electron chi connectivity index (χ1n) is 6.23. The average molecular weight is 282 g/mol. The van der Waals surface area contributed by atoms with Crippen LogP contribution in [0.5, 0.6) is 0 Å². The molecule has 0 aliphatic rings. The Morgan fingerprint density at radius 2 is 1.67 bits per heavy atom. The van der Waals surface area contributed by atoms with E-state index in [4.69, 9.17) is 10.5 Å². The number of carbonyl (C=O) groups excluding carboxylic acids is 2. The van der Waals surface area contributed by atoms with Crippen molar-refractivity contribution in [1.29, 1.82) is 0 Å². The molecule has 0 saturated carbocycles. The van der Waals surface area contributed by atoms with Gasteiger partial charge in [-0.2, -0.15) is 0 Å². The van der Waals surface area contributed by atoms with Gasteiger partial charge >= 0.3 is 5.97 Å². The van der Waals surface area contributed by atoms with Crippen LogP contribution in [0.4, 0.5) is 5.69 Å². The predicted octanol–water partition coefficient (Wildman–Crippen LogP) is 2.32. The number of primary amides is 1. The van der Waals surface area contributed by atoms with Crippen LogP contribution in [0.2, 0.25) is 0 Å². The molecule has 106 valence electrons. The minimum Gasteiger partial charge on any atom is -0.465 e. The number of methoxy groups -OCH3 is 1. The number of hydrogen-bond acceptors (Lipinski definition) is 4. The van der Waals surface area contributed by atoms with Gasteiger partial charge in [0.05, 0.1) is 23.9 Å². The van der Waals surface area contributed by atoms with E-state index in [-0.39, 0.29) is 0 Å². The van der Waals surface area contributed by atoms with Gasteiger partial charge in [0.15, 0.2) is 0 Å². The molecule has 0 aliphatic heterocycles. The molecule has 0 aliphatic carbocycles. The van der Waals surface area contributed by atoms with Crippen LogP contribution in [-0.4, -0.2) is 25.2 Å². The summed E-state index contributed by atoms with van der Waals surface area (Å²) in [6.07, 6.45) is 1.51. The fourth-order valence-corrected chi connectivity index (χ4v) is 1.84. The number of carbonyl (C=O) groups is 2. The topological polar surface area (TPSA) is 81.8 Å². The molecular weight excluding hydrogens is 268 g/mol. The Morgan fingerprint density at radius 1 is 1.05 bits per heavy atom. The number of para-hydroxylation sites is 1. The third kappa shape index (κ3) is 3.33. The highest BCUT2D eigenvalue weighted by molar-refractivity contribution is 6.02. The van der Waals surface area contributed by atoms with Crippen molar-refractivity contribution in [2.24, 2.45) is 10.7 Å². The second-order valence-corrected chi connectivity index (χ2v) is 4.22. The minimum atomic E-state index is -0.552. The number of rotatable bonds is 4. The summed E-state index contributed by atoms with van der Waals surface area (Å²) in [6, 6.07) is 13.6. The molecule has 5 heteroatoms. The maximum Gasteiger partial charge on any atom is 0.338 e. The van der Waals surface area contributed by atoms with Gasteiger partial charge in [0.2, 0.25) is 0 Å². The molecule has 0 heterocycles. The molecule has 1 amide bonds. The Hall–Kier alpha value is -2.95. The molecule has 0 unspecified atom stereocenters. The first-order valence-corrected chi connectivity index (χ1v) is 6.23. The van der Waals surface area contributed by atoms with E-state index in [1.807, 2.05) is 0 Å². The quantitative estimate of drug-likeness (QED) is 0.690. The van der Waals surface area contributed by atoms with Gasteiger partial charge in [0, 0.05) is 11.8 Å². The van der Waals surface area contributed by atoms with Crippen molar-refractivity contribution in [1.82, 2.24) is 0 Å². The van der Waals surface area contributed by atoms with Crippen LogP contribution in [0.25, 0.3) is 0 Å². The Morgan fingerprint density at radius 3 is 2.33 bits per heavy atom. The number of hydrogen-bond donors (Lipinski definition) is 1. The van der Waals surface area contributed by atoms with Crippen molar-refractivity contribution in [2.45, 2.75) is 0 Å². The fourth-order valence-electron chi connectivity index (χ4n) is 1.84. The van der Waals surface area contributed by atoms with Gasteiger partial charge in [-0.1, -0.05) is 30.3 Å². The van der Waals surface area contributed by atoms with E-state index in [1.54, 1.807) is 48.5 Å². The van der Waals surface area contributed by atoms with E-state index in [2.05, 4.69) is 4.99 Å². The largest absolute Gasteiger partial charge is 0.465 e.